The number of benzene rings is 1. The minimum absolute atomic E-state index is 0. The molecule has 1 saturated heterocycles. The predicted molar refractivity (Wildman–Crippen MR) is 106 cm³/mol. The van der Waals surface area contributed by atoms with E-state index in [0.29, 0.717) is 35.6 Å². The van der Waals surface area contributed by atoms with E-state index in [1.807, 2.05) is 11.8 Å². The summed E-state index contributed by atoms with van der Waals surface area (Å²) in [4.78, 5) is 18.0. The number of nitrogens with zero attached hydrogens (tertiary/aromatic N) is 2. The Kier molecular flexibility index (Phi) is 8.41. The number of ether oxygens (including phenoxy) is 1. The Balaban J connectivity index is 0.00000288. The number of carbonyl (C=O) groups excluding carboxylic acids is 1. The number of rotatable bonds is 3. The fraction of sp³-hybridized carbons (Fsp3) is 0.500. The summed E-state index contributed by atoms with van der Waals surface area (Å²) in [5.41, 5.74) is 0.561. The third kappa shape index (κ3) is 5.05. The Morgan fingerprint density at radius 2 is 2.21 bits per heavy atom. The standard InChI is InChI=1S/C16H21BrFN3O2.HI/c1-10-8-21(9-13(10)15(22)23-3)16(19-2)20-7-11-4-5-12(17)6-14(11)18;/h4-6,10,13H,7-9H2,1-3H3,(H,19,20);1H. The molecule has 1 fully saturated rings. The van der Waals surface area contributed by atoms with E-state index in [1.165, 1.54) is 13.2 Å². The van der Waals surface area contributed by atoms with Crippen molar-refractivity contribution in [2.45, 2.75) is 13.5 Å². The molecule has 0 aliphatic carbocycles. The third-order valence-corrected chi connectivity index (χ3v) is 4.57. The Labute approximate surface area is 167 Å². The van der Waals surface area contributed by atoms with Crippen LogP contribution in [-0.4, -0.2) is 44.1 Å². The van der Waals surface area contributed by atoms with E-state index in [1.54, 1.807) is 19.2 Å². The van der Waals surface area contributed by atoms with Gasteiger partial charge in [-0.05, 0) is 18.1 Å². The molecule has 0 spiro atoms. The van der Waals surface area contributed by atoms with Crippen molar-refractivity contribution >= 4 is 51.8 Å². The molecule has 0 amide bonds. The molecule has 1 aromatic rings. The van der Waals surface area contributed by atoms with E-state index in [9.17, 15) is 9.18 Å². The van der Waals surface area contributed by atoms with Gasteiger partial charge in [-0.3, -0.25) is 9.79 Å². The van der Waals surface area contributed by atoms with Crippen molar-refractivity contribution in [1.29, 1.82) is 0 Å². The summed E-state index contributed by atoms with van der Waals surface area (Å²) in [5, 5.41) is 3.15. The van der Waals surface area contributed by atoms with E-state index >= 15 is 0 Å². The fourth-order valence-corrected chi connectivity index (χ4v) is 3.10. The average molecular weight is 514 g/mol. The molecule has 1 aliphatic heterocycles. The summed E-state index contributed by atoms with van der Waals surface area (Å²) >= 11 is 3.24. The van der Waals surface area contributed by atoms with Crippen molar-refractivity contribution in [3.05, 3.63) is 34.1 Å². The van der Waals surface area contributed by atoms with Crippen LogP contribution in [0, 0.1) is 17.7 Å². The van der Waals surface area contributed by atoms with Crippen LogP contribution in [0.5, 0.6) is 0 Å². The van der Waals surface area contributed by atoms with Gasteiger partial charge in [0.05, 0.1) is 13.0 Å². The summed E-state index contributed by atoms with van der Waals surface area (Å²) in [7, 11) is 3.08. The Morgan fingerprint density at radius 3 is 2.79 bits per heavy atom. The minimum Gasteiger partial charge on any atom is -0.469 e. The van der Waals surface area contributed by atoms with Gasteiger partial charge < -0.3 is 15.0 Å². The normalized spacial score (nSPS) is 20.5. The second kappa shape index (κ2) is 9.55. The second-order valence-corrected chi connectivity index (χ2v) is 6.56. The molecule has 2 atom stereocenters. The smallest absolute Gasteiger partial charge is 0.310 e. The van der Waals surface area contributed by atoms with Gasteiger partial charge in [0.2, 0.25) is 0 Å². The van der Waals surface area contributed by atoms with Gasteiger partial charge in [-0.1, -0.05) is 28.9 Å². The molecule has 0 radical (unpaired) electrons. The van der Waals surface area contributed by atoms with Gasteiger partial charge in [0.1, 0.15) is 5.82 Å². The van der Waals surface area contributed by atoms with Crippen molar-refractivity contribution in [2.24, 2.45) is 16.8 Å². The molecule has 1 N–H and O–H groups in total. The van der Waals surface area contributed by atoms with Crippen molar-refractivity contribution in [3.63, 3.8) is 0 Å². The number of hydrogen-bond donors (Lipinski definition) is 1. The van der Waals surface area contributed by atoms with Gasteiger partial charge in [0, 0.05) is 36.7 Å². The number of halogens is 3. The molecule has 0 bridgehead atoms. The van der Waals surface area contributed by atoms with Crippen LogP contribution in [0.25, 0.3) is 0 Å². The lowest BCUT2D eigenvalue weighted by atomic mass is 9.99. The van der Waals surface area contributed by atoms with E-state index < -0.39 is 0 Å². The van der Waals surface area contributed by atoms with Crippen molar-refractivity contribution in [2.75, 3.05) is 27.2 Å². The van der Waals surface area contributed by atoms with Gasteiger partial charge in [0.25, 0.3) is 0 Å². The van der Waals surface area contributed by atoms with Crippen LogP contribution < -0.4 is 5.32 Å². The van der Waals surface area contributed by atoms with Crippen molar-refractivity contribution in [3.8, 4) is 0 Å². The second-order valence-electron chi connectivity index (χ2n) is 5.65. The minimum atomic E-state index is -0.274. The maximum absolute atomic E-state index is 13.9. The van der Waals surface area contributed by atoms with E-state index in [2.05, 4.69) is 26.2 Å². The van der Waals surface area contributed by atoms with Gasteiger partial charge in [-0.15, -0.1) is 24.0 Å². The lowest BCUT2D eigenvalue weighted by Crippen LogP contribution is -2.40. The molecule has 24 heavy (non-hydrogen) atoms. The quantitative estimate of drug-likeness (QED) is 0.292. The highest BCUT2D eigenvalue weighted by Crippen LogP contribution is 2.24. The van der Waals surface area contributed by atoms with Crippen LogP contribution in [0.3, 0.4) is 0 Å². The Hall–Kier alpha value is -0.900. The molecule has 2 rings (SSSR count). The predicted octanol–water partition coefficient (Wildman–Crippen LogP) is 3.02. The lowest BCUT2D eigenvalue weighted by molar-refractivity contribution is -0.145. The molecule has 134 valence electrons. The number of aliphatic imine (C=N–C) groups is 1. The number of methoxy groups -OCH3 is 1. The summed E-state index contributed by atoms with van der Waals surface area (Å²) in [6, 6.07) is 4.96. The van der Waals surface area contributed by atoms with Crippen LogP contribution in [0.15, 0.2) is 27.7 Å². The lowest BCUT2D eigenvalue weighted by Gasteiger charge is -2.21. The van der Waals surface area contributed by atoms with Crippen LogP contribution in [-0.2, 0) is 16.1 Å². The van der Waals surface area contributed by atoms with E-state index in [0.717, 1.165) is 0 Å². The molecule has 1 aliphatic rings. The Bertz CT molecular complexity index is 615. The SMILES string of the molecule is CN=C(NCc1ccc(Br)cc1F)N1CC(C)C(C(=O)OC)C1.I. The first kappa shape index (κ1) is 21.1. The number of guanidine groups is 1. The van der Waals surface area contributed by atoms with Crippen molar-refractivity contribution in [1.82, 2.24) is 10.2 Å². The van der Waals surface area contributed by atoms with E-state index in [4.69, 9.17) is 4.74 Å². The number of nitrogens with one attached hydrogen (secondary N) is 1. The molecule has 1 heterocycles. The average Bonchev–Trinajstić information content (AvgIpc) is 2.90. The highest BCUT2D eigenvalue weighted by atomic mass is 127. The first-order valence-electron chi connectivity index (χ1n) is 7.43. The van der Waals surface area contributed by atoms with Crippen LogP contribution in [0.1, 0.15) is 12.5 Å². The highest BCUT2D eigenvalue weighted by molar-refractivity contribution is 14.0. The van der Waals surface area contributed by atoms with Gasteiger partial charge in [0.15, 0.2) is 5.96 Å². The summed E-state index contributed by atoms with van der Waals surface area (Å²) in [5.74, 6) is 0.206. The van der Waals surface area contributed by atoms with Gasteiger partial charge >= 0.3 is 5.97 Å². The summed E-state index contributed by atoms with van der Waals surface area (Å²) in [6.07, 6.45) is 0. The molecular weight excluding hydrogens is 492 g/mol. The Morgan fingerprint density at radius 1 is 1.50 bits per heavy atom. The molecule has 2 unspecified atom stereocenters. The third-order valence-electron chi connectivity index (χ3n) is 4.08. The monoisotopic (exact) mass is 513 g/mol. The first-order chi connectivity index (χ1) is 11.0. The molecule has 8 heteroatoms. The van der Waals surface area contributed by atoms with Crippen molar-refractivity contribution < 1.29 is 13.9 Å². The zero-order valence-corrected chi connectivity index (χ0v) is 17.8. The summed E-state index contributed by atoms with van der Waals surface area (Å²) in [6.45, 7) is 3.61. The topological polar surface area (TPSA) is 53.9 Å². The number of likely N-dealkylation sites (tertiary alicyclic amines) is 1. The zero-order chi connectivity index (χ0) is 17.0. The molecular formula is C16H22BrFIN3O2. The molecule has 1 aromatic carbocycles. The summed E-state index contributed by atoms with van der Waals surface area (Å²) < 4.78 is 19.4. The molecule has 0 saturated carbocycles. The van der Waals surface area contributed by atoms with Crippen LogP contribution in [0.4, 0.5) is 4.39 Å². The van der Waals surface area contributed by atoms with Crippen LogP contribution in [0.2, 0.25) is 0 Å². The molecule has 0 aromatic heterocycles. The number of carbonyl (C=O) groups is 1. The number of hydrogen-bond acceptors (Lipinski definition) is 3. The zero-order valence-electron chi connectivity index (χ0n) is 13.9. The largest absolute Gasteiger partial charge is 0.469 e. The maximum Gasteiger partial charge on any atom is 0.310 e. The highest BCUT2D eigenvalue weighted by Gasteiger charge is 2.36. The first-order valence-corrected chi connectivity index (χ1v) is 8.23. The van der Waals surface area contributed by atoms with Gasteiger partial charge in [-0.25, -0.2) is 4.39 Å². The molecule has 5 nitrogen and oxygen atoms in total. The van der Waals surface area contributed by atoms with Crippen LogP contribution >= 0.6 is 39.9 Å². The fourth-order valence-electron chi connectivity index (χ4n) is 2.77. The number of esters is 1. The van der Waals surface area contributed by atoms with E-state index in [-0.39, 0.29) is 47.6 Å². The maximum atomic E-state index is 13.9. The van der Waals surface area contributed by atoms with Gasteiger partial charge in [-0.2, -0.15) is 0 Å².